The molecule has 1 fully saturated rings. The first-order valence-corrected chi connectivity index (χ1v) is 18.3. The topological polar surface area (TPSA) is 0 Å². The van der Waals surface area contributed by atoms with Crippen LogP contribution in [0.5, 0.6) is 0 Å². The van der Waals surface area contributed by atoms with Crippen molar-refractivity contribution in [2.75, 3.05) is 0 Å². The normalized spacial score (nSPS) is 15.5. The Bertz CT molecular complexity index is 1630. The van der Waals surface area contributed by atoms with Crippen molar-refractivity contribution in [3.05, 3.63) is 153 Å². The Morgan fingerprint density at radius 3 is 1.50 bits per heavy atom. The minimum Gasteiger partial charge on any atom is -1.00 e. The van der Waals surface area contributed by atoms with Crippen LogP contribution in [0, 0.1) is 0 Å². The van der Waals surface area contributed by atoms with Crippen molar-refractivity contribution in [1.82, 2.24) is 0 Å². The molecule has 0 bridgehead atoms. The van der Waals surface area contributed by atoms with E-state index in [0.717, 1.165) is 6.42 Å². The molecule has 0 radical (unpaired) electrons. The molecule has 0 nitrogen and oxygen atoms in total. The van der Waals surface area contributed by atoms with E-state index in [4.69, 9.17) is 0 Å². The minimum absolute atomic E-state index is 0. The number of allylic oxidation sites excluding steroid dienone is 4. The van der Waals surface area contributed by atoms with Gasteiger partial charge in [-0.3, -0.25) is 0 Å². The van der Waals surface area contributed by atoms with Gasteiger partial charge in [0.15, 0.2) is 0 Å². The SMILES string of the molecule is CC(C)(c1ccccc1)c1ccc2c(c1)-c1cc(C(C)(C)c3ccccc3)ccc1[CH]2[Ti+2]([C]1=CC=CC1)=[C]1CCCC1.[Cl-].[Cl-]. The summed E-state index contributed by atoms with van der Waals surface area (Å²) in [6.07, 6.45) is 13.9. The van der Waals surface area contributed by atoms with Gasteiger partial charge in [-0.05, 0) is 0 Å². The zero-order valence-electron chi connectivity index (χ0n) is 26.3. The third-order valence-corrected chi connectivity index (χ3v) is 15.9. The van der Waals surface area contributed by atoms with Crippen molar-refractivity contribution in [2.45, 2.75) is 74.9 Å². The first-order chi connectivity index (χ1) is 20.4. The van der Waals surface area contributed by atoms with Crippen molar-refractivity contribution in [2.24, 2.45) is 0 Å². The molecular weight excluding hydrogens is 611 g/mol. The Morgan fingerprint density at radius 1 is 0.591 bits per heavy atom. The second kappa shape index (κ2) is 13.1. The molecule has 3 aliphatic rings. The summed E-state index contributed by atoms with van der Waals surface area (Å²) in [7, 11) is 0. The molecule has 0 aliphatic heterocycles. The summed E-state index contributed by atoms with van der Waals surface area (Å²) in [5.74, 6) is 0. The van der Waals surface area contributed by atoms with E-state index in [0.29, 0.717) is 4.22 Å². The summed E-state index contributed by atoms with van der Waals surface area (Å²) < 4.78 is 4.27. The largest absolute Gasteiger partial charge is 1.00 e. The van der Waals surface area contributed by atoms with Gasteiger partial charge in [0.05, 0.1) is 0 Å². The standard InChI is InChI=1S/C31H29.C5H8.C5H5.2ClH.Ti/c1-30(2,24-11-7-5-8-12-24)26-17-15-22-19-23-16-18-27(21-29(23)28(22)20-26)31(3,4)25-13-9-6-10-14-25;2*1-2-4-5-3-1;;;/h5-21H,1-4H3;1-4H2;1-3H,4H2;2*1H;/q;;;;;+2/p-2. The molecule has 0 atom stereocenters. The van der Waals surface area contributed by atoms with E-state index >= 15 is 0 Å². The van der Waals surface area contributed by atoms with Gasteiger partial charge in [-0.1, -0.05) is 0 Å². The van der Waals surface area contributed by atoms with Gasteiger partial charge in [-0.2, -0.15) is 0 Å². The van der Waals surface area contributed by atoms with Crippen LogP contribution in [0.15, 0.2) is 119 Å². The number of rotatable bonds is 6. The van der Waals surface area contributed by atoms with E-state index in [1.165, 1.54) is 59.1 Å². The van der Waals surface area contributed by atoms with Gasteiger partial charge >= 0.3 is 260 Å². The van der Waals surface area contributed by atoms with Gasteiger partial charge < -0.3 is 24.8 Å². The fraction of sp³-hybridized carbons (Fsp3) is 0.293. The smallest absolute Gasteiger partial charge is 1.00 e. The molecule has 0 N–H and O–H groups in total. The van der Waals surface area contributed by atoms with Crippen LogP contribution in [0.4, 0.5) is 0 Å². The molecule has 3 aliphatic carbocycles. The van der Waals surface area contributed by atoms with Gasteiger partial charge in [-0.25, -0.2) is 0 Å². The number of hydrogen-bond donors (Lipinski definition) is 0. The number of hydrogen-bond acceptors (Lipinski definition) is 0. The number of fused-ring (bicyclic) bond motifs is 3. The molecule has 1 saturated carbocycles. The monoisotopic (exact) mass is 652 g/mol. The van der Waals surface area contributed by atoms with E-state index in [9.17, 15) is 0 Å². The van der Waals surface area contributed by atoms with Gasteiger partial charge in [-0.15, -0.1) is 0 Å². The van der Waals surface area contributed by atoms with Gasteiger partial charge in [0.1, 0.15) is 0 Å². The van der Waals surface area contributed by atoms with E-state index in [1.807, 2.05) is 3.81 Å². The molecule has 0 heterocycles. The Kier molecular flexibility index (Phi) is 9.79. The second-order valence-electron chi connectivity index (χ2n) is 13.6. The van der Waals surface area contributed by atoms with Crippen LogP contribution < -0.4 is 24.8 Å². The quantitative estimate of drug-likeness (QED) is 0.267. The zero-order chi connectivity index (χ0) is 28.9. The van der Waals surface area contributed by atoms with Crippen LogP contribution in [0.1, 0.15) is 97.4 Å². The molecule has 4 aromatic carbocycles. The maximum Gasteiger partial charge on any atom is -1.00 e. The Hall–Kier alpha value is -2.48. The first-order valence-electron chi connectivity index (χ1n) is 15.8. The van der Waals surface area contributed by atoms with Crippen molar-refractivity contribution in [3.8, 4) is 11.1 Å². The van der Waals surface area contributed by atoms with E-state index in [-0.39, 0.29) is 35.6 Å². The molecular formula is C41H42Cl2Ti. The minimum atomic E-state index is -1.76. The molecule has 0 unspecified atom stereocenters. The average molecular weight is 654 g/mol. The van der Waals surface area contributed by atoms with Crippen LogP contribution in [0.25, 0.3) is 11.1 Å². The summed E-state index contributed by atoms with van der Waals surface area (Å²) in [4.78, 5) is 0. The first kappa shape index (κ1) is 32.9. The fourth-order valence-corrected chi connectivity index (χ4v) is 13.8. The predicted octanol–water partition coefficient (Wildman–Crippen LogP) is 4.62. The van der Waals surface area contributed by atoms with Crippen LogP contribution in [0.3, 0.4) is 0 Å². The van der Waals surface area contributed by atoms with Gasteiger partial charge in [0.25, 0.3) is 0 Å². The van der Waals surface area contributed by atoms with Crippen LogP contribution in [0.2, 0.25) is 0 Å². The molecule has 0 amide bonds. The molecule has 4 aromatic rings. The van der Waals surface area contributed by atoms with Crippen LogP contribution in [-0.2, 0) is 28.2 Å². The fourth-order valence-electron chi connectivity index (χ4n) is 7.72. The molecule has 0 saturated heterocycles. The maximum absolute atomic E-state index is 2.57. The van der Waals surface area contributed by atoms with E-state index in [1.54, 1.807) is 15.0 Å². The second-order valence-corrected chi connectivity index (χ2v) is 17.9. The van der Waals surface area contributed by atoms with Crippen LogP contribution in [-0.4, -0.2) is 3.81 Å². The summed E-state index contributed by atoms with van der Waals surface area (Å²) in [5.41, 5.74) is 11.6. The van der Waals surface area contributed by atoms with Gasteiger partial charge in [0, 0.05) is 0 Å². The molecule has 224 valence electrons. The Balaban J connectivity index is 0.00000192. The summed E-state index contributed by atoms with van der Waals surface area (Å²) >= 11 is -1.76. The number of benzene rings is 4. The van der Waals surface area contributed by atoms with Crippen LogP contribution >= 0.6 is 0 Å². The van der Waals surface area contributed by atoms with Gasteiger partial charge in [0.2, 0.25) is 0 Å². The molecule has 0 aromatic heterocycles. The van der Waals surface area contributed by atoms with Crippen molar-refractivity contribution >= 4 is 3.81 Å². The summed E-state index contributed by atoms with van der Waals surface area (Å²) in [6.45, 7) is 9.54. The van der Waals surface area contributed by atoms with Crippen molar-refractivity contribution in [3.63, 3.8) is 0 Å². The third kappa shape index (κ3) is 5.69. The molecule has 0 spiro atoms. The van der Waals surface area contributed by atoms with Crippen molar-refractivity contribution < 1.29 is 42.2 Å². The predicted molar refractivity (Wildman–Crippen MR) is 176 cm³/mol. The Labute approximate surface area is 282 Å². The number of halogens is 2. The summed E-state index contributed by atoms with van der Waals surface area (Å²) in [5, 5.41) is 0. The molecule has 3 heteroatoms. The summed E-state index contributed by atoms with van der Waals surface area (Å²) in [6, 6.07) is 37.2. The van der Waals surface area contributed by atoms with Crippen molar-refractivity contribution in [1.29, 1.82) is 0 Å². The van der Waals surface area contributed by atoms with E-state index < -0.39 is 17.4 Å². The maximum atomic E-state index is 2.57. The Morgan fingerprint density at radius 2 is 1.07 bits per heavy atom. The molecule has 44 heavy (non-hydrogen) atoms. The van der Waals surface area contributed by atoms with E-state index in [2.05, 4.69) is 143 Å². The third-order valence-electron chi connectivity index (χ3n) is 10.4. The average Bonchev–Trinajstić information content (AvgIpc) is 3.81. The molecule has 7 rings (SSSR count). The zero-order valence-corrected chi connectivity index (χ0v) is 29.4.